The van der Waals surface area contributed by atoms with Crippen molar-refractivity contribution in [2.75, 3.05) is 11.5 Å². The number of aliphatic carboxylic acids is 1. The van der Waals surface area contributed by atoms with E-state index in [0.717, 1.165) is 70.6 Å². The van der Waals surface area contributed by atoms with Gasteiger partial charge < -0.3 is 9.84 Å². The van der Waals surface area contributed by atoms with E-state index in [0.29, 0.717) is 29.4 Å². The lowest BCUT2D eigenvalue weighted by molar-refractivity contribution is -0.137. The second kappa shape index (κ2) is 10.6. The summed E-state index contributed by atoms with van der Waals surface area (Å²) in [5, 5.41) is 8.68. The second-order valence-corrected chi connectivity index (χ2v) is 10.4. The molecule has 0 amide bonds. The molecule has 1 N–H and O–H groups in total. The maximum Gasteiger partial charge on any atom is 0.303 e. The molecule has 2 fully saturated rings. The van der Waals surface area contributed by atoms with E-state index < -0.39 is 15.8 Å². The maximum absolute atomic E-state index is 12.3. The summed E-state index contributed by atoms with van der Waals surface area (Å²) in [4.78, 5) is 10.5. The van der Waals surface area contributed by atoms with Gasteiger partial charge in [-0.25, -0.2) is 8.42 Å². The van der Waals surface area contributed by atoms with Crippen molar-refractivity contribution in [3.05, 3.63) is 0 Å². The van der Waals surface area contributed by atoms with E-state index >= 15 is 0 Å². The molecule has 2 rings (SSSR count). The summed E-state index contributed by atoms with van der Waals surface area (Å²) in [6.45, 7) is 2.09. The van der Waals surface area contributed by atoms with Crippen LogP contribution in [0.2, 0.25) is 0 Å². The Labute approximate surface area is 158 Å². The molecule has 2 aliphatic heterocycles. The third kappa shape index (κ3) is 6.84. The van der Waals surface area contributed by atoms with Crippen LogP contribution in [0.5, 0.6) is 0 Å². The first-order chi connectivity index (χ1) is 12.4. The zero-order valence-electron chi connectivity index (χ0n) is 16.2. The molecule has 4 unspecified atom stereocenters. The molecule has 5 nitrogen and oxygen atoms in total. The van der Waals surface area contributed by atoms with E-state index in [1.54, 1.807) is 0 Å². The molecule has 26 heavy (non-hydrogen) atoms. The average Bonchev–Trinajstić information content (AvgIpc) is 3.17. The number of carboxylic acid groups (broad SMARTS) is 1. The molecule has 2 saturated heterocycles. The highest BCUT2D eigenvalue weighted by Crippen LogP contribution is 2.47. The summed E-state index contributed by atoms with van der Waals surface area (Å²) < 4.78 is 30.6. The molecular weight excluding hydrogens is 352 g/mol. The molecule has 0 aliphatic carbocycles. The van der Waals surface area contributed by atoms with Crippen LogP contribution < -0.4 is 0 Å². The van der Waals surface area contributed by atoms with E-state index in [-0.39, 0.29) is 12.5 Å². The van der Waals surface area contributed by atoms with E-state index in [2.05, 4.69) is 6.92 Å². The van der Waals surface area contributed by atoms with E-state index in [1.165, 1.54) is 0 Å². The van der Waals surface area contributed by atoms with Crippen molar-refractivity contribution in [2.24, 2.45) is 11.8 Å². The Hall–Kier alpha value is -0.620. The smallest absolute Gasteiger partial charge is 0.303 e. The van der Waals surface area contributed by atoms with Gasteiger partial charge in [0, 0.05) is 6.42 Å². The van der Waals surface area contributed by atoms with Gasteiger partial charge in [-0.05, 0) is 50.4 Å². The fourth-order valence-electron chi connectivity index (χ4n) is 4.67. The van der Waals surface area contributed by atoms with Crippen LogP contribution in [-0.2, 0) is 19.4 Å². The van der Waals surface area contributed by atoms with Gasteiger partial charge in [0.25, 0.3) is 0 Å². The van der Waals surface area contributed by atoms with Crippen molar-refractivity contribution in [3.8, 4) is 0 Å². The first-order valence-corrected chi connectivity index (χ1v) is 12.3. The predicted octanol–water partition coefficient (Wildman–Crippen LogP) is 4.20. The highest BCUT2D eigenvalue weighted by molar-refractivity contribution is 7.91. The molecule has 0 aromatic heterocycles. The lowest BCUT2D eigenvalue weighted by Gasteiger charge is -2.28. The molecule has 0 spiro atoms. The van der Waals surface area contributed by atoms with Crippen molar-refractivity contribution in [1.82, 2.24) is 0 Å². The minimum Gasteiger partial charge on any atom is -0.481 e. The minimum absolute atomic E-state index is 0.260. The van der Waals surface area contributed by atoms with Gasteiger partial charge in [-0.2, -0.15) is 0 Å². The fraction of sp³-hybridized carbons (Fsp3) is 0.950. The number of unbranched alkanes of at least 4 members (excludes halogenated alkanes) is 5. The minimum atomic E-state index is -2.93. The Morgan fingerprint density at radius 1 is 0.923 bits per heavy atom. The van der Waals surface area contributed by atoms with Crippen LogP contribution in [0.3, 0.4) is 0 Å². The highest BCUT2D eigenvalue weighted by Gasteiger charge is 2.48. The zero-order chi connectivity index (χ0) is 19.0. The number of hydrogen-bond donors (Lipinski definition) is 1. The van der Waals surface area contributed by atoms with Crippen molar-refractivity contribution >= 4 is 15.8 Å². The first-order valence-electron chi connectivity index (χ1n) is 10.5. The van der Waals surface area contributed by atoms with Crippen molar-refractivity contribution < 1.29 is 23.1 Å². The van der Waals surface area contributed by atoms with E-state index in [4.69, 9.17) is 9.84 Å². The third-order valence-corrected chi connectivity index (χ3v) is 7.86. The Kier molecular flexibility index (Phi) is 8.88. The normalized spacial score (nSPS) is 27.9. The second-order valence-electron chi connectivity index (χ2n) is 8.11. The van der Waals surface area contributed by atoms with Gasteiger partial charge in [-0.15, -0.1) is 0 Å². The molecule has 152 valence electrons. The highest BCUT2D eigenvalue weighted by atomic mass is 32.2. The molecule has 0 radical (unpaired) electrons. The van der Waals surface area contributed by atoms with Crippen molar-refractivity contribution in [2.45, 2.75) is 96.2 Å². The summed E-state index contributed by atoms with van der Waals surface area (Å²) in [6, 6.07) is 0. The summed E-state index contributed by atoms with van der Waals surface area (Å²) >= 11 is 0. The monoisotopic (exact) mass is 388 g/mol. The largest absolute Gasteiger partial charge is 0.481 e. The van der Waals surface area contributed by atoms with Gasteiger partial charge in [0.2, 0.25) is 0 Å². The molecule has 2 aliphatic rings. The standard InChI is InChI=1S/C20H36O5S/c1-2-3-8-14-26(23,24)15-13-17-16(18-11-12-19(17)25-18)9-6-4-5-7-10-20(21)22/h16-19H,2-15H2,1H3,(H,21,22). The number of ether oxygens (including phenoxy) is 1. The number of sulfone groups is 1. The molecule has 2 bridgehead atoms. The molecule has 4 atom stereocenters. The third-order valence-electron chi connectivity index (χ3n) is 6.09. The van der Waals surface area contributed by atoms with Crippen LogP contribution in [-0.4, -0.2) is 43.2 Å². The summed E-state index contributed by atoms with van der Waals surface area (Å²) in [7, 11) is -2.93. The summed E-state index contributed by atoms with van der Waals surface area (Å²) in [6.07, 6.45) is 11.6. The summed E-state index contributed by atoms with van der Waals surface area (Å²) in [5.41, 5.74) is 0. The van der Waals surface area contributed by atoms with Crippen LogP contribution in [0.4, 0.5) is 0 Å². The molecule has 0 saturated carbocycles. The molecular formula is C20H36O5S. The quantitative estimate of drug-likeness (QED) is 0.451. The van der Waals surface area contributed by atoms with Gasteiger partial charge in [-0.1, -0.05) is 39.0 Å². The van der Waals surface area contributed by atoms with Gasteiger partial charge in [-0.3, -0.25) is 4.79 Å². The SMILES string of the molecule is CCCCCS(=O)(=O)CCC1C2CCC(O2)C1CCCCCCC(=O)O. The topological polar surface area (TPSA) is 80.7 Å². The van der Waals surface area contributed by atoms with Gasteiger partial charge >= 0.3 is 5.97 Å². The van der Waals surface area contributed by atoms with Crippen LogP contribution in [0, 0.1) is 11.8 Å². The Balaban J connectivity index is 1.73. The predicted molar refractivity (Wildman–Crippen MR) is 103 cm³/mol. The zero-order valence-corrected chi connectivity index (χ0v) is 17.0. The molecule has 2 heterocycles. The molecule has 0 aromatic carbocycles. The lowest BCUT2D eigenvalue weighted by atomic mass is 9.75. The number of hydrogen-bond acceptors (Lipinski definition) is 4. The van der Waals surface area contributed by atoms with E-state index in [1.807, 2.05) is 0 Å². The van der Waals surface area contributed by atoms with E-state index in [9.17, 15) is 13.2 Å². The fourth-order valence-corrected chi connectivity index (χ4v) is 6.15. The van der Waals surface area contributed by atoms with Crippen molar-refractivity contribution in [1.29, 1.82) is 0 Å². The van der Waals surface area contributed by atoms with Gasteiger partial charge in [0.15, 0.2) is 0 Å². The average molecular weight is 389 g/mol. The number of rotatable bonds is 14. The Bertz CT molecular complexity index is 530. The Morgan fingerprint density at radius 2 is 1.58 bits per heavy atom. The Morgan fingerprint density at radius 3 is 2.23 bits per heavy atom. The number of carboxylic acids is 1. The summed E-state index contributed by atoms with van der Waals surface area (Å²) in [5.74, 6) is 0.819. The van der Waals surface area contributed by atoms with Crippen molar-refractivity contribution in [3.63, 3.8) is 0 Å². The van der Waals surface area contributed by atoms with Crippen LogP contribution >= 0.6 is 0 Å². The molecule has 0 aromatic rings. The first kappa shape index (κ1) is 21.7. The van der Waals surface area contributed by atoms with Gasteiger partial charge in [0.1, 0.15) is 9.84 Å². The molecule has 6 heteroatoms. The maximum atomic E-state index is 12.3. The van der Waals surface area contributed by atoms with Gasteiger partial charge in [0.05, 0.1) is 23.7 Å². The number of carbonyl (C=O) groups is 1. The van der Waals surface area contributed by atoms with Crippen LogP contribution in [0.1, 0.15) is 84.0 Å². The van der Waals surface area contributed by atoms with Crippen LogP contribution in [0.25, 0.3) is 0 Å². The van der Waals surface area contributed by atoms with Crippen LogP contribution in [0.15, 0.2) is 0 Å². The lowest BCUT2D eigenvalue weighted by Crippen LogP contribution is -2.29. The number of fused-ring (bicyclic) bond motifs is 2.